The van der Waals surface area contributed by atoms with E-state index in [0.29, 0.717) is 24.1 Å². The molecule has 4 heterocycles. The minimum atomic E-state index is -0.589. The molecule has 5 rings (SSSR count). The van der Waals surface area contributed by atoms with E-state index in [-0.39, 0.29) is 23.9 Å². The second kappa shape index (κ2) is 14.7. The van der Waals surface area contributed by atoms with Crippen LogP contribution in [0.3, 0.4) is 0 Å². The summed E-state index contributed by atoms with van der Waals surface area (Å²) < 4.78 is 5.49. The standard InChI is InChI=1S/C29H44N8O2.CH4.FH/c1-4-24-28(31-21-9-17-39-18-10-21)34-29(26(33-24)27(30)38)32-22-5-6-25(20(2)19-22)37-11-7-23(8-12-37)36-15-13-35(3)14-16-36;;/h5-6,19,21,23H,4,7-18H2,1-3H3,(H2,30,38)(H2,31,32,34);1H4;1H. The number of nitrogens with two attached hydrogens (primary N) is 1. The van der Waals surface area contributed by atoms with Crippen LogP contribution in [0.1, 0.15) is 61.8 Å². The van der Waals surface area contributed by atoms with Gasteiger partial charge in [0.1, 0.15) is 0 Å². The highest BCUT2D eigenvalue weighted by atomic mass is 19.0. The fraction of sp³-hybridized carbons (Fsp3) is 0.633. The lowest BCUT2D eigenvalue weighted by Gasteiger charge is -2.43. The summed E-state index contributed by atoms with van der Waals surface area (Å²) in [5, 5.41) is 6.87. The van der Waals surface area contributed by atoms with E-state index in [9.17, 15) is 4.79 Å². The molecule has 0 unspecified atom stereocenters. The Morgan fingerprint density at radius 1 is 1.02 bits per heavy atom. The molecule has 10 nitrogen and oxygen atoms in total. The number of amides is 1. The fourth-order valence-electron chi connectivity index (χ4n) is 6.01. The number of likely N-dealkylation sites (N-methyl/N-ethyl adjacent to an activating group) is 1. The molecule has 3 fully saturated rings. The molecular formula is C30H49FN8O2. The van der Waals surface area contributed by atoms with Gasteiger partial charge in [-0.05, 0) is 69.8 Å². The van der Waals surface area contributed by atoms with Crippen molar-refractivity contribution in [2.24, 2.45) is 5.73 Å². The van der Waals surface area contributed by atoms with Crippen LogP contribution in [0.25, 0.3) is 0 Å². The van der Waals surface area contributed by atoms with Crippen LogP contribution in [0.4, 0.5) is 27.7 Å². The number of ether oxygens (including phenoxy) is 1. The average molecular weight is 573 g/mol. The van der Waals surface area contributed by atoms with E-state index < -0.39 is 5.91 Å². The van der Waals surface area contributed by atoms with Gasteiger partial charge >= 0.3 is 0 Å². The molecule has 3 aliphatic heterocycles. The normalized spacial score (nSPS) is 19.2. The Balaban J connectivity index is 0.00000231. The second-order valence-corrected chi connectivity index (χ2v) is 11.1. The highest BCUT2D eigenvalue weighted by Crippen LogP contribution is 2.30. The number of primary amides is 1. The summed E-state index contributed by atoms with van der Waals surface area (Å²) in [5.41, 5.74) is 9.95. The molecule has 3 aliphatic rings. The first-order valence-corrected chi connectivity index (χ1v) is 14.5. The van der Waals surface area contributed by atoms with E-state index in [1.807, 2.05) is 6.92 Å². The molecule has 0 aliphatic carbocycles. The van der Waals surface area contributed by atoms with Gasteiger partial charge in [0.25, 0.3) is 5.91 Å². The first-order chi connectivity index (χ1) is 18.9. The fourth-order valence-corrected chi connectivity index (χ4v) is 6.01. The molecule has 1 aromatic carbocycles. The molecule has 1 amide bonds. The van der Waals surface area contributed by atoms with Crippen LogP contribution < -0.4 is 21.3 Å². The Morgan fingerprint density at radius 3 is 2.32 bits per heavy atom. The number of anilines is 4. The monoisotopic (exact) mass is 572 g/mol. The number of nitrogens with zero attached hydrogens (tertiary/aromatic N) is 5. The van der Waals surface area contributed by atoms with E-state index in [1.54, 1.807) is 0 Å². The van der Waals surface area contributed by atoms with Crippen LogP contribution in [0.2, 0.25) is 0 Å². The van der Waals surface area contributed by atoms with Crippen LogP contribution in [0, 0.1) is 6.92 Å². The SMILES string of the molecule is C.CCc1nc(C(N)=O)c(Nc2ccc(N3CCC(N4CCN(C)CC4)CC3)c(C)c2)nc1NC1CCOCC1.F. The molecular weight excluding hydrogens is 523 g/mol. The van der Waals surface area contributed by atoms with Crippen molar-refractivity contribution in [3.05, 3.63) is 35.2 Å². The van der Waals surface area contributed by atoms with Crippen molar-refractivity contribution in [2.45, 2.75) is 65.5 Å². The zero-order valence-electron chi connectivity index (χ0n) is 24.1. The van der Waals surface area contributed by atoms with E-state index in [4.69, 9.17) is 15.5 Å². The Hall–Kier alpha value is -3.02. The number of piperazine rings is 1. The topological polar surface area (TPSA) is 112 Å². The first-order valence-electron chi connectivity index (χ1n) is 14.5. The van der Waals surface area contributed by atoms with Crippen LogP contribution in [0.15, 0.2) is 18.2 Å². The Kier molecular flexibility index (Phi) is 11.7. The quantitative estimate of drug-likeness (QED) is 0.435. The molecule has 3 saturated heterocycles. The van der Waals surface area contributed by atoms with E-state index in [0.717, 1.165) is 50.5 Å². The summed E-state index contributed by atoms with van der Waals surface area (Å²) in [6.07, 6.45) is 4.89. The van der Waals surface area contributed by atoms with Crippen molar-refractivity contribution in [2.75, 3.05) is 75.1 Å². The molecule has 41 heavy (non-hydrogen) atoms. The molecule has 1 aromatic heterocycles. The first kappa shape index (κ1) is 32.5. The van der Waals surface area contributed by atoms with Crippen molar-refractivity contribution >= 4 is 28.9 Å². The smallest absolute Gasteiger partial charge is 0.271 e. The molecule has 0 bridgehead atoms. The average Bonchev–Trinajstić information content (AvgIpc) is 2.94. The number of aryl methyl sites for hydroxylation is 2. The summed E-state index contributed by atoms with van der Waals surface area (Å²) in [7, 11) is 2.21. The van der Waals surface area contributed by atoms with Gasteiger partial charge in [0, 0.05) is 75.9 Å². The lowest BCUT2D eigenvalue weighted by molar-refractivity contribution is 0.0903. The highest BCUT2D eigenvalue weighted by molar-refractivity contribution is 5.96. The zero-order valence-corrected chi connectivity index (χ0v) is 24.1. The predicted octanol–water partition coefficient (Wildman–Crippen LogP) is 3.79. The molecule has 0 atom stereocenters. The number of benzene rings is 1. The number of nitrogens with one attached hydrogen (secondary N) is 2. The van der Waals surface area contributed by atoms with Crippen molar-refractivity contribution in [3.8, 4) is 0 Å². The number of carbonyl (C=O) groups excluding carboxylic acids is 1. The van der Waals surface area contributed by atoms with Gasteiger partial charge in [0.05, 0.1) is 5.69 Å². The van der Waals surface area contributed by atoms with Crippen LogP contribution in [0.5, 0.6) is 0 Å². The highest BCUT2D eigenvalue weighted by Gasteiger charge is 2.27. The minimum Gasteiger partial charge on any atom is -0.381 e. The molecule has 11 heteroatoms. The largest absolute Gasteiger partial charge is 0.381 e. The maximum absolute atomic E-state index is 12.3. The van der Waals surface area contributed by atoms with Crippen LogP contribution >= 0.6 is 0 Å². The molecule has 0 saturated carbocycles. The van der Waals surface area contributed by atoms with Crippen molar-refractivity contribution in [1.29, 1.82) is 0 Å². The van der Waals surface area contributed by atoms with Crippen molar-refractivity contribution in [3.63, 3.8) is 0 Å². The van der Waals surface area contributed by atoms with Gasteiger partial charge in [-0.1, -0.05) is 14.4 Å². The van der Waals surface area contributed by atoms with Gasteiger partial charge in [0.15, 0.2) is 17.3 Å². The third-order valence-electron chi connectivity index (χ3n) is 8.42. The van der Waals surface area contributed by atoms with Gasteiger partial charge in [-0.3, -0.25) is 14.4 Å². The van der Waals surface area contributed by atoms with Crippen LogP contribution in [-0.2, 0) is 11.2 Å². The summed E-state index contributed by atoms with van der Waals surface area (Å²) in [4.78, 5) is 29.3. The Bertz CT molecular complexity index is 1140. The molecule has 228 valence electrons. The maximum atomic E-state index is 12.3. The van der Waals surface area contributed by atoms with Crippen molar-refractivity contribution in [1.82, 2.24) is 19.8 Å². The third kappa shape index (κ3) is 7.84. The lowest BCUT2D eigenvalue weighted by atomic mass is 10.0. The number of carbonyl (C=O) groups is 1. The van der Waals surface area contributed by atoms with Gasteiger partial charge in [-0.2, -0.15) is 0 Å². The Morgan fingerprint density at radius 2 is 1.71 bits per heavy atom. The summed E-state index contributed by atoms with van der Waals surface area (Å²) in [6, 6.07) is 7.31. The Labute approximate surface area is 244 Å². The molecule has 2 aromatic rings. The molecule has 0 spiro atoms. The number of aromatic nitrogens is 2. The minimum absolute atomic E-state index is 0. The molecule has 4 N–H and O–H groups in total. The van der Waals surface area contributed by atoms with E-state index >= 15 is 0 Å². The van der Waals surface area contributed by atoms with Gasteiger partial charge < -0.3 is 30.9 Å². The van der Waals surface area contributed by atoms with E-state index in [2.05, 4.69) is 62.5 Å². The maximum Gasteiger partial charge on any atom is 0.271 e. The predicted molar refractivity (Wildman–Crippen MR) is 165 cm³/mol. The second-order valence-electron chi connectivity index (χ2n) is 11.1. The van der Waals surface area contributed by atoms with Gasteiger partial charge in [0.2, 0.25) is 0 Å². The number of piperidine rings is 1. The number of rotatable bonds is 8. The van der Waals surface area contributed by atoms with Gasteiger partial charge in [-0.15, -0.1) is 0 Å². The van der Waals surface area contributed by atoms with Gasteiger partial charge in [-0.25, -0.2) is 9.97 Å². The van der Waals surface area contributed by atoms with Crippen molar-refractivity contribution < 1.29 is 14.2 Å². The summed E-state index contributed by atoms with van der Waals surface area (Å²) in [6.45, 7) is 12.5. The van der Waals surface area contributed by atoms with Crippen LogP contribution in [-0.4, -0.2) is 97.3 Å². The summed E-state index contributed by atoms with van der Waals surface area (Å²) >= 11 is 0. The number of halogens is 1. The van der Waals surface area contributed by atoms with E-state index in [1.165, 1.54) is 50.3 Å². The zero-order chi connectivity index (χ0) is 27.4. The molecule has 0 radical (unpaired) electrons. The number of hydrogen-bond acceptors (Lipinski definition) is 9. The lowest BCUT2D eigenvalue weighted by Crippen LogP contribution is -2.52. The number of hydrogen-bond donors (Lipinski definition) is 3. The third-order valence-corrected chi connectivity index (χ3v) is 8.42. The summed E-state index contributed by atoms with van der Waals surface area (Å²) in [5.74, 6) is 0.497.